The molecule has 3 aromatic carbocycles. The fourth-order valence-electron chi connectivity index (χ4n) is 4.29. The second-order valence-corrected chi connectivity index (χ2v) is 9.59. The van der Waals surface area contributed by atoms with Crippen molar-refractivity contribution in [1.82, 2.24) is 9.97 Å². The Morgan fingerprint density at radius 2 is 1.51 bits per heavy atom. The molecule has 0 unspecified atom stereocenters. The van der Waals surface area contributed by atoms with Crippen molar-refractivity contribution >= 4 is 22.4 Å². The number of aryl methyl sites for hydroxylation is 4. The summed E-state index contributed by atoms with van der Waals surface area (Å²) < 4.78 is 48.3. The van der Waals surface area contributed by atoms with Gasteiger partial charge < -0.3 is 4.74 Å². The number of halogens is 4. The SMILES string of the molecule is CCCCCCOc1cnc(CCc2ccc3c(F)c(CCc4cc(F)c(Cl)c(F)c4)ccc3c2)nc1. The Balaban J connectivity index is 1.34. The number of benzene rings is 3. The molecule has 4 aromatic rings. The van der Waals surface area contributed by atoms with Crippen LogP contribution in [0.2, 0.25) is 5.02 Å². The molecule has 0 aliphatic heterocycles. The minimum atomic E-state index is -0.810. The molecule has 0 atom stereocenters. The van der Waals surface area contributed by atoms with Crippen LogP contribution in [0.15, 0.2) is 54.9 Å². The molecule has 194 valence electrons. The number of unbranched alkanes of at least 4 members (excludes halogenated alkanes) is 3. The van der Waals surface area contributed by atoms with Gasteiger partial charge in [-0.3, -0.25) is 0 Å². The summed E-state index contributed by atoms with van der Waals surface area (Å²) in [5.41, 5.74) is 1.99. The molecule has 0 aliphatic carbocycles. The van der Waals surface area contributed by atoms with Crippen LogP contribution in [0.25, 0.3) is 10.8 Å². The van der Waals surface area contributed by atoms with Crippen LogP contribution in [0.4, 0.5) is 13.2 Å². The molecular formula is C30H30ClF3N2O. The van der Waals surface area contributed by atoms with Crippen LogP contribution in [-0.2, 0) is 25.7 Å². The molecule has 0 N–H and O–H groups in total. The minimum Gasteiger partial charge on any atom is -0.490 e. The lowest BCUT2D eigenvalue weighted by Gasteiger charge is -2.10. The third-order valence-corrected chi connectivity index (χ3v) is 6.77. The zero-order chi connectivity index (χ0) is 26.2. The minimum absolute atomic E-state index is 0.300. The normalized spacial score (nSPS) is 11.3. The van der Waals surface area contributed by atoms with Gasteiger partial charge in [-0.1, -0.05) is 68.1 Å². The Morgan fingerprint density at radius 3 is 2.24 bits per heavy atom. The molecule has 0 saturated heterocycles. The van der Waals surface area contributed by atoms with E-state index in [-0.39, 0.29) is 5.82 Å². The quantitative estimate of drug-likeness (QED) is 0.138. The number of hydrogen-bond donors (Lipinski definition) is 0. The lowest BCUT2D eigenvalue weighted by atomic mass is 9.98. The van der Waals surface area contributed by atoms with Gasteiger partial charge in [0.25, 0.3) is 0 Å². The lowest BCUT2D eigenvalue weighted by Crippen LogP contribution is -2.02. The summed E-state index contributed by atoms with van der Waals surface area (Å²) in [7, 11) is 0. The molecule has 3 nitrogen and oxygen atoms in total. The molecule has 1 aromatic heterocycles. The van der Waals surface area contributed by atoms with Gasteiger partial charge in [-0.15, -0.1) is 0 Å². The van der Waals surface area contributed by atoms with Crippen LogP contribution < -0.4 is 4.74 Å². The van der Waals surface area contributed by atoms with Gasteiger partial charge >= 0.3 is 0 Å². The Kier molecular flexibility index (Phi) is 9.40. The molecule has 1 heterocycles. The molecule has 0 fully saturated rings. The van der Waals surface area contributed by atoms with E-state index in [1.165, 1.54) is 25.0 Å². The second-order valence-electron chi connectivity index (χ2n) is 9.21. The highest BCUT2D eigenvalue weighted by atomic mass is 35.5. The van der Waals surface area contributed by atoms with Crippen molar-refractivity contribution in [2.45, 2.75) is 58.3 Å². The largest absolute Gasteiger partial charge is 0.490 e. The summed E-state index contributed by atoms with van der Waals surface area (Å²) in [6.07, 6.45) is 10.0. The molecule has 0 saturated carbocycles. The predicted molar refractivity (Wildman–Crippen MR) is 142 cm³/mol. The molecule has 4 rings (SSSR count). The number of nitrogens with zero attached hydrogens (tertiary/aromatic N) is 2. The number of hydrogen-bond acceptors (Lipinski definition) is 3. The van der Waals surface area contributed by atoms with Crippen molar-refractivity contribution < 1.29 is 17.9 Å². The van der Waals surface area contributed by atoms with Gasteiger partial charge in [0.1, 0.15) is 28.3 Å². The maximum absolute atomic E-state index is 15.2. The predicted octanol–water partition coefficient (Wildman–Crippen LogP) is 8.23. The zero-order valence-electron chi connectivity index (χ0n) is 20.9. The third kappa shape index (κ3) is 7.22. The number of fused-ring (bicyclic) bond motifs is 1. The van der Waals surface area contributed by atoms with Crippen LogP contribution in [0.1, 0.15) is 55.1 Å². The van der Waals surface area contributed by atoms with E-state index in [2.05, 4.69) is 16.9 Å². The first-order valence-corrected chi connectivity index (χ1v) is 13.1. The van der Waals surface area contributed by atoms with Gasteiger partial charge in [0.05, 0.1) is 19.0 Å². The highest BCUT2D eigenvalue weighted by molar-refractivity contribution is 6.30. The Hall–Kier alpha value is -3.12. The highest BCUT2D eigenvalue weighted by Crippen LogP contribution is 2.26. The van der Waals surface area contributed by atoms with Crippen LogP contribution in [-0.4, -0.2) is 16.6 Å². The van der Waals surface area contributed by atoms with Crippen molar-refractivity contribution in [1.29, 1.82) is 0 Å². The van der Waals surface area contributed by atoms with Gasteiger partial charge in [0, 0.05) is 11.8 Å². The summed E-state index contributed by atoms with van der Waals surface area (Å²) in [6.45, 7) is 2.86. The van der Waals surface area contributed by atoms with E-state index in [0.717, 1.165) is 36.0 Å². The third-order valence-electron chi connectivity index (χ3n) is 6.41. The van der Waals surface area contributed by atoms with E-state index in [1.54, 1.807) is 24.5 Å². The summed E-state index contributed by atoms with van der Waals surface area (Å²) in [4.78, 5) is 8.82. The summed E-state index contributed by atoms with van der Waals surface area (Å²) >= 11 is 5.54. The average Bonchev–Trinajstić information content (AvgIpc) is 2.90. The molecule has 0 radical (unpaired) electrons. The first kappa shape index (κ1) is 26.9. The highest BCUT2D eigenvalue weighted by Gasteiger charge is 2.12. The second kappa shape index (κ2) is 12.9. The topological polar surface area (TPSA) is 35.0 Å². The van der Waals surface area contributed by atoms with Crippen molar-refractivity contribution in [3.05, 3.63) is 99.8 Å². The fraction of sp³-hybridized carbons (Fsp3) is 0.333. The molecular weight excluding hydrogens is 497 g/mol. The molecule has 0 amide bonds. The van der Waals surface area contributed by atoms with Crippen LogP contribution in [0.5, 0.6) is 5.75 Å². The van der Waals surface area contributed by atoms with Crippen molar-refractivity contribution in [3.63, 3.8) is 0 Å². The molecule has 0 aliphatic rings. The number of rotatable bonds is 12. The Bertz CT molecular complexity index is 1320. The smallest absolute Gasteiger partial charge is 0.155 e. The van der Waals surface area contributed by atoms with Gasteiger partial charge in [-0.05, 0) is 59.9 Å². The Labute approximate surface area is 220 Å². The lowest BCUT2D eigenvalue weighted by molar-refractivity contribution is 0.302. The van der Waals surface area contributed by atoms with Crippen LogP contribution in [0.3, 0.4) is 0 Å². The van der Waals surface area contributed by atoms with E-state index in [0.29, 0.717) is 48.1 Å². The first-order valence-electron chi connectivity index (χ1n) is 12.7. The van der Waals surface area contributed by atoms with Crippen molar-refractivity contribution in [3.8, 4) is 5.75 Å². The van der Waals surface area contributed by atoms with Crippen molar-refractivity contribution in [2.24, 2.45) is 0 Å². The zero-order valence-corrected chi connectivity index (χ0v) is 21.6. The van der Waals surface area contributed by atoms with E-state index in [1.807, 2.05) is 18.2 Å². The van der Waals surface area contributed by atoms with E-state index in [9.17, 15) is 8.78 Å². The maximum Gasteiger partial charge on any atom is 0.155 e. The van der Waals surface area contributed by atoms with Crippen LogP contribution in [0, 0.1) is 17.5 Å². The summed E-state index contributed by atoms with van der Waals surface area (Å²) in [6, 6.07) is 11.6. The van der Waals surface area contributed by atoms with Crippen LogP contribution >= 0.6 is 11.6 Å². The molecule has 0 bridgehead atoms. The number of aromatic nitrogens is 2. The van der Waals surface area contributed by atoms with E-state index >= 15 is 4.39 Å². The van der Waals surface area contributed by atoms with Gasteiger partial charge in [-0.2, -0.15) is 0 Å². The molecule has 0 spiro atoms. The van der Waals surface area contributed by atoms with Gasteiger partial charge in [0.15, 0.2) is 5.75 Å². The van der Waals surface area contributed by atoms with Crippen molar-refractivity contribution in [2.75, 3.05) is 6.61 Å². The maximum atomic E-state index is 15.2. The Morgan fingerprint density at radius 1 is 0.784 bits per heavy atom. The number of ether oxygens (including phenoxy) is 1. The van der Waals surface area contributed by atoms with Gasteiger partial charge in [-0.25, -0.2) is 23.1 Å². The molecule has 7 heteroatoms. The monoisotopic (exact) mass is 526 g/mol. The summed E-state index contributed by atoms with van der Waals surface area (Å²) in [5, 5.41) is 0.795. The first-order chi connectivity index (χ1) is 17.9. The summed E-state index contributed by atoms with van der Waals surface area (Å²) in [5.74, 6) is -0.516. The molecule has 37 heavy (non-hydrogen) atoms. The van der Waals surface area contributed by atoms with E-state index < -0.39 is 16.7 Å². The standard InChI is InChI=1S/C30H30ClF3N2O/c1-2-3-4-5-14-37-24-18-35-28(36-19-24)13-8-20-7-12-25-23(15-20)11-10-22(30(25)34)9-6-21-16-26(32)29(31)27(33)17-21/h7,10-12,15-19H,2-6,8-9,13-14H2,1H3. The average molecular weight is 527 g/mol. The van der Waals surface area contributed by atoms with E-state index in [4.69, 9.17) is 16.3 Å². The fourth-order valence-corrected chi connectivity index (χ4v) is 4.40. The van der Waals surface area contributed by atoms with Gasteiger partial charge in [0.2, 0.25) is 0 Å².